The van der Waals surface area contributed by atoms with Crippen molar-refractivity contribution in [3.05, 3.63) is 87.5 Å². The third kappa shape index (κ3) is 5.04. The molecule has 0 amide bonds. The normalized spacial score (nSPS) is 12.8. The van der Waals surface area contributed by atoms with Crippen LogP contribution in [0.1, 0.15) is 36.4 Å². The summed E-state index contributed by atoms with van der Waals surface area (Å²) in [5.74, 6) is -1.63. The number of nitriles is 1. The Morgan fingerprint density at radius 1 is 1.15 bits per heavy atom. The second-order valence-corrected chi connectivity index (χ2v) is 9.28. The van der Waals surface area contributed by atoms with Crippen LogP contribution in [0.2, 0.25) is 5.02 Å². The van der Waals surface area contributed by atoms with Crippen molar-refractivity contribution >= 4 is 39.7 Å². The lowest BCUT2D eigenvalue weighted by molar-refractivity contribution is -0.150. The maximum absolute atomic E-state index is 13.9. The highest BCUT2D eigenvalue weighted by Crippen LogP contribution is 2.38. The standard InChI is InChI=1S/C26H20ClFN2O3S/c1-15(2)24(25-18-11-10-17(27)12-16(18)14-34-25)26(31)33-22(13-29)20-7-5-9-23(30-20)32-21-8-4-3-6-19(21)28/h3-12,14-15,22,24H,1-2H3. The zero-order valence-corrected chi connectivity index (χ0v) is 19.9. The van der Waals surface area contributed by atoms with Crippen molar-refractivity contribution in [3.8, 4) is 17.7 Å². The van der Waals surface area contributed by atoms with E-state index in [4.69, 9.17) is 21.1 Å². The fourth-order valence-corrected chi connectivity index (χ4v) is 5.04. The number of aromatic nitrogens is 1. The van der Waals surface area contributed by atoms with Gasteiger partial charge in [0, 0.05) is 16.0 Å². The number of carbonyl (C=O) groups excluding carboxylic acids is 1. The molecule has 2 aromatic carbocycles. The van der Waals surface area contributed by atoms with Crippen molar-refractivity contribution in [2.45, 2.75) is 25.9 Å². The summed E-state index contributed by atoms with van der Waals surface area (Å²) in [5, 5.41) is 14.2. The van der Waals surface area contributed by atoms with E-state index in [2.05, 4.69) is 4.98 Å². The zero-order valence-electron chi connectivity index (χ0n) is 18.4. The minimum absolute atomic E-state index is 0.00204. The summed E-state index contributed by atoms with van der Waals surface area (Å²) in [6, 6.07) is 18.1. The van der Waals surface area contributed by atoms with E-state index in [-0.39, 0.29) is 23.2 Å². The Labute approximate surface area is 205 Å². The molecule has 5 nitrogen and oxygen atoms in total. The number of pyridine rings is 1. The first-order chi connectivity index (χ1) is 16.4. The largest absolute Gasteiger partial charge is 0.440 e. The second-order valence-electron chi connectivity index (χ2n) is 7.93. The van der Waals surface area contributed by atoms with Crippen molar-refractivity contribution < 1.29 is 18.7 Å². The summed E-state index contributed by atoms with van der Waals surface area (Å²) in [5.41, 5.74) is 0.190. The number of hydrogen-bond acceptors (Lipinski definition) is 6. The van der Waals surface area contributed by atoms with Gasteiger partial charge in [-0.2, -0.15) is 5.26 Å². The highest BCUT2D eigenvalue weighted by Gasteiger charge is 2.31. The van der Waals surface area contributed by atoms with Crippen molar-refractivity contribution in [1.82, 2.24) is 4.98 Å². The number of esters is 1. The maximum atomic E-state index is 13.9. The molecule has 0 aliphatic rings. The van der Waals surface area contributed by atoms with Crippen LogP contribution in [0.5, 0.6) is 11.6 Å². The van der Waals surface area contributed by atoms with Gasteiger partial charge in [-0.25, -0.2) is 9.37 Å². The number of thiophene rings is 1. The average Bonchev–Trinajstić information content (AvgIpc) is 3.21. The van der Waals surface area contributed by atoms with Crippen LogP contribution < -0.4 is 4.74 Å². The van der Waals surface area contributed by atoms with Gasteiger partial charge in [-0.3, -0.25) is 4.79 Å². The summed E-state index contributed by atoms with van der Waals surface area (Å²) < 4.78 is 25.1. The average molecular weight is 495 g/mol. The Bertz CT molecular complexity index is 1380. The van der Waals surface area contributed by atoms with Crippen LogP contribution in [-0.2, 0) is 9.53 Å². The van der Waals surface area contributed by atoms with Gasteiger partial charge in [0.05, 0.1) is 11.6 Å². The fraction of sp³-hybridized carbons (Fsp3) is 0.192. The van der Waals surface area contributed by atoms with Gasteiger partial charge in [-0.05, 0) is 52.4 Å². The molecule has 34 heavy (non-hydrogen) atoms. The smallest absolute Gasteiger partial charge is 0.316 e. The molecule has 0 radical (unpaired) electrons. The first-order valence-electron chi connectivity index (χ1n) is 10.5. The van der Waals surface area contributed by atoms with Gasteiger partial charge in [-0.1, -0.05) is 49.7 Å². The molecular formula is C26H20ClFN2O3S. The van der Waals surface area contributed by atoms with Gasteiger partial charge >= 0.3 is 5.97 Å². The zero-order chi connectivity index (χ0) is 24.2. The molecule has 0 N–H and O–H groups in total. The van der Waals surface area contributed by atoms with Crippen LogP contribution in [0.3, 0.4) is 0 Å². The lowest BCUT2D eigenvalue weighted by atomic mass is 9.92. The van der Waals surface area contributed by atoms with Gasteiger partial charge in [0.15, 0.2) is 11.6 Å². The van der Waals surface area contributed by atoms with Gasteiger partial charge in [0.2, 0.25) is 12.0 Å². The molecule has 0 spiro atoms. The number of carbonyl (C=O) groups is 1. The van der Waals surface area contributed by atoms with E-state index in [0.29, 0.717) is 5.02 Å². The van der Waals surface area contributed by atoms with E-state index in [1.54, 1.807) is 30.3 Å². The Hall–Kier alpha value is -3.47. The van der Waals surface area contributed by atoms with Crippen LogP contribution in [0.15, 0.2) is 66.0 Å². The molecule has 0 bridgehead atoms. The summed E-state index contributed by atoms with van der Waals surface area (Å²) in [6.07, 6.45) is -1.25. The molecule has 0 aliphatic heterocycles. The number of halogens is 2. The van der Waals surface area contributed by atoms with E-state index in [9.17, 15) is 14.4 Å². The summed E-state index contributed by atoms with van der Waals surface area (Å²) in [6.45, 7) is 3.85. The number of hydrogen-bond donors (Lipinski definition) is 0. The predicted octanol–water partition coefficient (Wildman–Crippen LogP) is 7.43. The van der Waals surface area contributed by atoms with E-state index < -0.39 is 23.8 Å². The third-order valence-electron chi connectivity index (χ3n) is 5.21. The molecule has 8 heteroatoms. The SMILES string of the molecule is CC(C)C(C(=O)OC(C#N)c1cccc(Oc2ccccc2F)n1)c1scc2cc(Cl)ccc12. The highest BCUT2D eigenvalue weighted by molar-refractivity contribution is 7.11. The van der Waals surface area contributed by atoms with Crippen LogP contribution in [0.25, 0.3) is 10.8 Å². The molecule has 2 heterocycles. The van der Waals surface area contributed by atoms with Crippen molar-refractivity contribution in [1.29, 1.82) is 5.26 Å². The van der Waals surface area contributed by atoms with E-state index in [1.165, 1.54) is 29.5 Å². The fourth-order valence-electron chi connectivity index (χ4n) is 3.58. The molecule has 2 unspecified atom stereocenters. The van der Waals surface area contributed by atoms with E-state index >= 15 is 0 Å². The minimum atomic E-state index is -1.25. The Kier molecular flexibility index (Phi) is 7.11. The Morgan fingerprint density at radius 3 is 2.68 bits per heavy atom. The summed E-state index contributed by atoms with van der Waals surface area (Å²) in [4.78, 5) is 18.4. The van der Waals surface area contributed by atoms with Crippen LogP contribution in [0, 0.1) is 23.1 Å². The summed E-state index contributed by atoms with van der Waals surface area (Å²) in [7, 11) is 0. The highest BCUT2D eigenvalue weighted by atomic mass is 35.5. The van der Waals surface area contributed by atoms with Crippen molar-refractivity contribution in [2.75, 3.05) is 0 Å². The molecule has 0 saturated heterocycles. The number of nitrogens with zero attached hydrogens (tertiary/aromatic N) is 2. The van der Waals surface area contributed by atoms with Crippen LogP contribution >= 0.6 is 22.9 Å². The molecule has 4 rings (SSSR count). The van der Waals surface area contributed by atoms with E-state index in [0.717, 1.165) is 15.6 Å². The van der Waals surface area contributed by atoms with Gasteiger partial charge in [0.25, 0.3) is 0 Å². The molecule has 2 aromatic heterocycles. The number of benzene rings is 2. The second kappa shape index (κ2) is 10.2. The number of ether oxygens (including phenoxy) is 2. The lowest BCUT2D eigenvalue weighted by Gasteiger charge is -2.21. The van der Waals surface area contributed by atoms with Crippen LogP contribution in [-0.4, -0.2) is 11.0 Å². The Balaban J connectivity index is 1.58. The van der Waals surface area contributed by atoms with E-state index in [1.807, 2.05) is 37.4 Å². The van der Waals surface area contributed by atoms with Gasteiger partial charge < -0.3 is 9.47 Å². The topological polar surface area (TPSA) is 72.2 Å². The molecular weight excluding hydrogens is 475 g/mol. The quantitative estimate of drug-likeness (QED) is 0.250. The molecule has 0 aliphatic carbocycles. The molecule has 172 valence electrons. The number of fused-ring (bicyclic) bond motifs is 1. The van der Waals surface area contributed by atoms with Crippen molar-refractivity contribution in [2.24, 2.45) is 5.92 Å². The minimum Gasteiger partial charge on any atom is -0.440 e. The summed E-state index contributed by atoms with van der Waals surface area (Å²) >= 11 is 7.56. The monoisotopic (exact) mass is 494 g/mol. The van der Waals surface area contributed by atoms with Crippen LogP contribution in [0.4, 0.5) is 4.39 Å². The lowest BCUT2D eigenvalue weighted by Crippen LogP contribution is -2.22. The third-order valence-corrected chi connectivity index (χ3v) is 6.55. The molecule has 2 atom stereocenters. The van der Waals surface area contributed by atoms with Gasteiger partial charge in [0.1, 0.15) is 6.07 Å². The first kappa shape index (κ1) is 23.7. The molecule has 0 fully saturated rings. The van der Waals surface area contributed by atoms with Gasteiger partial charge in [-0.15, -0.1) is 11.3 Å². The van der Waals surface area contributed by atoms with Crippen molar-refractivity contribution in [3.63, 3.8) is 0 Å². The number of para-hydroxylation sites is 1. The molecule has 0 saturated carbocycles. The Morgan fingerprint density at radius 2 is 1.94 bits per heavy atom. The molecule has 4 aromatic rings. The predicted molar refractivity (Wildman–Crippen MR) is 130 cm³/mol. The number of rotatable bonds is 7. The maximum Gasteiger partial charge on any atom is 0.316 e. The first-order valence-corrected chi connectivity index (χ1v) is 11.8.